The van der Waals surface area contributed by atoms with Crippen LogP contribution >= 0.6 is 11.3 Å². The molecule has 2 rings (SSSR count). The van der Waals surface area contributed by atoms with Crippen LogP contribution in [0.2, 0.25) is 0 Å². The number of anilines is 1. The third kappa shape index (κ3) is 3.20. The van der Waals surface area contributed by atoms with E-state index in [1.165, 1.54) is 4.88 Å². The van der Waals surface area contributed by atoms with Crippen LogP contribution in [-0.2, 0) is 0 Å². The summed E-state index contributed by atoms with van der Waals surface area (Å²) in [6.45, 7) is 2.18. The maximum atomic E-state index is 5.32. The number of nitrogens with one attached hydrogen (secondary N) is 1. The molecule has 0 aliphatic carbocycles. The number of benzene rings is 1. The summed E-state index contributed by atoms with van der Waals surface area (Å²) in [7, 11) is 3.30. The van der Waals surface area contributed by atoms with Gasteiger partial charge < -0.3 is 14.8 Å². The van der Waals surface area contributed by atoms with Gasteiger partial charge in [0.2, 0.25) is 0 Å². The number of methoxy groups -OCH3 is 2. The van der Waals surface area contributed by atoms with Crippen LogP contribution in [0.15, 0.2) is 35.7 Å². The van der Waals surface area contributed by atoms with Crippen molar-refractivity contribution in [3.63, 3.8) is 0 Å². The highest BCUT2D eigenvalue weighted by atomic mass is 32.1. The van der Waals surface area contributed by atoms with Crippen molar-refractivity contribution in [2.24, 2.45) is 0 Å². The largest absolute Gasteiger partial charge is 0.493 e. The first kappa shape index (κ1) is 13.7. The molecule has 1 unspecified atom stereocenters. The highest BCUT2D eigenvalue weighted by Crippen LogP contribution is 2.32. The van der Waals surface area contributed by atoms with Crippen LogP contribution < -0.4 is 14.8 Å². The van der Waals surface area contributed by atoms with Gasteiger partial charge in [0.1, 0.15) is 0 Å². The first-order chi connectivity index (χ1) is 9.28. The molecule has 0 fully saturated rings. The van der Waals surface area contributed by atoms with Crippen LogP contribution in [0.3, 0.4) is 0 Å². The van der Waals surface area contributed by atoms with Crippen molar-refractivity contribution < 1.29 is 9.47 Å². The summed E-state index contributed by atoms with van der Waals surface area (Å²) < 4.78 is 10.6. The Morgan fingerprint density at radius 3 is 2.53 bits per heavy atom. The average Bonchev–Trinajstić information content (AvgIpc) is 2.98. The van der Waals surface area contributed by atoms with Gasteiger partial charge in [-0.2, -0.15) is 0 Å². The molecule has 3 nitrogen and oxygen atoms in total. The highest BCUT2D eigenvalue weighted by Gasteiger charge is 2.11. The number of ether oxygens (including phenoxy) is 2. The van der Waals surface area contributed by atoms with E-state index < -0.39 is 0 Å². The Balaban J connectivity index is 2.18. The maximum Gasteiger partial charge on any atom is 0.162 e. The first-order valence-electron chi connectivity index (χ1n) is 6.30. The minimum atomic E-state index is 0.332. The van der Waals surface area contributed by atoms with E-state index in [4.69, 9.17) is 9.47 Å². The van der Waals surface area contributed by atoms with Gasteiger partial charge in [0, 0.05) is 16.6 Å². The van der Waals surface area contributed by atoms with E-state index in [-0.39, 0.29) is 0 Å². The molecule has 2 aromatic rings. The lowest BCUT2D eigenvalue weighted by Gasteiger charge is -2.18. The molecule has 1 heterocycles. The summed E-state index contributed by atoms with van der Waals surface area (Å²) in [5.74, 6) is 1.49. The topological polar surface area (TPSA) is 30.5 Å². The highest BCUT2D eigenvalue weighted by molar-refractivity contribution is 7.10. The number of rotatable bonds is 6. The van der Waals surface area contributed by atoms with E-state index in [1.807, 2.05) is 18.2 Å². The zero-order valence-electron chi connectivity index (χ0n) is 11.5. The maximum absolute atomic E-state index is 5.32. The third-order valence-corrected chi connectivity index (χ3v) is 4.01. The second kappa shape index (κ2) is 6.48. The smallest absolute Gasteiger partial charge is 0.162 e. The van der Waals surface area contributed by atoms with Gasteiger partial charge in [-0.3, -0.25) is 0 Å². The SMILES string of the molecule is CCC(Nc1ccc(OC)c(OC)c1)c1cccs1. The van der Waals surface area contributed by atoms with Crippen LogP contribution in [0.4, 0.5) is 5.69 Å². The Labute approximate surface area is 118 Å². The second-order valence-electron chi connectivity index (χ2n) is 4.19. The number of thiophene rings is 1. The molecule has 0 amide bonds. The second-order valence-corrected chi connectivity index (χ2v) is 5.17. The predicted octanol–water partition coefficient (Wildman–Crippen LogP) is 4.33. The van der Waals surface area contributed by atoms with Gasteiger partial charge in [0.15, 0.2) is 11.5 Å². The Hall–Kier alpha value is -1.68. The van der Waals surface area contributed by atoms with E-state index in [2.05, 4.69) is 29.8 Å². The molecule has 0 bridgehead atoms. The van der Waals surface area contributed by atoms with Gasteiger partial charge >= 0.3 is 0 Å². The molecule has 0 radical (unpaired) electrons. The average molecular weight is 277 g/mol. The fourth-order valence-corrected chi connectivity index (χ4v) is 2.85. The zero-order chi connectivity index (χ0) is 13.7. The molecule has 1 aromatic carbocycles. The molecular formula is C15H19NO2S. The van der Waals surface area contributed by atoms with Gasteiger partial charge in [-0.1, -0.05) is 13.0 Å². The fraction of sp³-hybridized carbons (Fsp3) is 0.333. The monoisotopic (exact) mass is 277 g/mol. The number of hydrogen-bond donors (Lipinski definition) is 1. The van der Waals surface area contributed by atoms with Crippen LogP contribution in [0.1, 0.15) is 24.3 Å². The Morgan fingerprint density at radius 1 is 1.16 bits per heavy atom. The molecule has 0 aliphatic rings. The molecule has 19 heavy (non-hydrogen) atoms. The van der Waals surface area contributed by atoms with Crippen LogP contribution in [0.25, 0.3) is 0 Å². The van der Waals surface area contributed by atoms with E-state index >= 15 is 0 Å². The van der Waals surface area contributed by atoms with Crippen molar-refractivity contribution in [2.45, 2.75) is 19.4 Å². The zero-order valence-corrected chi connectivity index (χ0v) is 12.3. The van der Waals surface area contributed by atoms with Crippen molar-refractivity contribution in [1.82, 2.24) is 0 Å². The van der Waals surface area contributed by atoms with E-state index in [1.54, 1.807) is 25.6 Å². The normalized spacial score (nSPS) is 11.9. The van der Waals surface area contributed by atoms with E-state index in [9.17, 15) is 0 Å². The summed E-state index contributed by atoms with van der Waals surface area (Å²) in [5.41, 5.74) is 1.04. The van der Waals surface area contributed by atoms with Crippen LogP contribution in [-0.4, -0.2) is 14.2 Å². The molecular weight excluding hydrogens is 258 g/mol. The van der Waals surface area contributed by atoms with Crippen LogP contribution in [0, 0.1) is 0 Å². The van der Waals surface area contributed by atoms with Gasteiger partial charge in [0.25, 0.3) is 0 Å². The Kier molecular flexibility index (Phi) is 4.68. The van der Waals surface area contributed by atoms with Crippen molar-refractivity contribution >= 4 is 17.0 Å². The first-order valence-corrected chi connectivity index (χ1v) is 7.18. The van der Waals surface area contributed by atoms with E-state index in [0.717, 1.165) is 23.6 Å². The van der Waals surface area contributed by atoms with Crippen molar-refractivity contribution in [3.8, 4) is 11.5 Å². The van der Waals surface area contributed by atoms with Crippen LogP contribution in [0.5, 0.6) is 11.5 Å². The lowest BCUT2D eigenvalue weighted by Crippen LogP contribution is -2.08. The van der Waals surface area contributed by atoms with E-state index in [0.29, 0.717) is 6.04 Å². The molecule has 0 saturated heterocycles. The number of hydrogen-bond acceptors (Lipinski definition) is 4. The standard InChI is InChI=1S/C15H19NO2S/c1-4-12(15-6-5-9-19-15)16-11-7-8-13(17-2)14(10-11)18-3/h5-10,12,16H,4H2,1-3H3. The minimum absolute atomic E-state index is 0.332. The lowest BCUT2D eigenvalue weighted by molar-refractivity contribution is 0.355. The summed E-state index contributed by atoms with van der Waals surface area (Å²) >= 11 is 1.77. The fourth-order valence-electron chi connectivity index (χ4n) is 1.99. The van der Waals surface area contributed by atoms with Gasteiger partial charge in [-0.05, 0) is 30.0 Å². The van der Waals surface area contributed by atoms with Crippen molar-refractivity contribution in [1.29, 1.82) is 0 Å². The summed E-state index contributed by atoms with van der Waals surface area (Å²) in [6, 6.07) is 10.5. The summed E-state index contributed by atoms with van der Waals surface area (Å²) in [5, 5.41) is 5.64. The third-order valence-electron chi connectivity index (χ3n) is 3.02. The molecule has 1 atom stereocenters. The lowest BCUT2D eigenvalue weighted by atomic mass is 10.1. The molecule has 0 spiro atoms. The molecule has 1 N–H and O–H groups in total. The molecule has 0 saturated carbocycles. The molecule has 102 valence electrons. The predicted molar refractivity (Wildman–Crippen MR) is 80.5 cm³/mol. The summed E-state index contributed by atoms with van der Waals surface area (Å²) in [6.07, 6.45) is 1.04. The Morgan fingerprint density at radius 2 is 1.95 bits per heavy atom. The van der Waals surface area contributed by atoms with Gasteiger partial charge in [0.05, 0.1) is 20.3 Å². The molecule has 4 heteroatoms. The van der Waals surface area contributed by atoms with Crippen molar-refractivity contribution in [3.05, 3.63) is 40.6 Å². The quantitative estimate of drug-likeness (QED) is 0.852. The van der Waals surface area contributed by atoms with Crippen molar-refractivity contribution in [2.75, 3.05) is 19.5 Å². The molecule has 1 aromatic heterocycles. The minimum Gasteiger partial charge on any atom is -0.493 e. The Bertz CT molecular complexity index is 511. The molecule has 0 aliphatic heterocycles. The van der Waals surface area contributed by atoms with Gasteiger partial charge in [-0.25, -0.2) is 0 Å². The summed E-state index contributed by atoms with van der Waals surface area (Å²) in [4.78, 5) is 1.34. The van der Waals surface area contributed by atoms with Gasteiger partial charge in [-0.15, -0.1) is 11.3 Å².